The summed E-state index contributed by atoms with van der Waals surface area (Å²) in [7, 11) is -4.05. The molecule has 20 heavy (non-hydrogen) atoms. The van der Waals surface area contributed by atoms with E-state index in [4.69, 9.17) is 17.3 Å². The van der Waals surface area contributed by atoms with Crippen LogP contribution in [-0.4, -0.2) is 23.6 Å². The Morgan fingerprint density at radius 3 is 2.70 bits per heavy atom. The second-order valence-electron chi connectivity index (χ2n) is 3.65. The molecule has 1 aromatic heterocycles. The summed E-state index contributed by atoms with van der Waals surface area (Å²) in [6.45, 7) is -0.0947. The van der Waals surface area contributed by atoms with Gasteiger partial charge in [-0.15, -0.1) is 5.10 Å². The summed E-state index contributed by atoms with van der Waals surface area (Å²) >= 11 is 5.67. The van der Waals surface area contributed by atoms with Crippen LogP contribution in [0.1, 0.15) is 5.56 Å². The minimum atomic E-state index is -4.05. The molecular formula is C10H9ClFN5O2S. The fraction of sp³-hybridized carbons (Fsp3) is 0.100. The Morgan fingerprint density at radius 1 is 1.35 bits per heavy atom. The molecule has 0 spiro atoms. The lowest BCUT2D eigenvalue weighted by atomic mass is 10.2. The summed E-state index contributed by atoms with van der Waals surface area (Å²) in [4.78, 5) is 3.34. The van der Waals surface area contributed by atoms with Crippen molar-refractivity contribution < 1.29 is 12.8 Å². The number of aromatic nitrogens is 3. The van der Waals surface area contributed by atoms with Gasteiger partial charge in [-0.25, -0.2) is 22.5 Å². The fourth-order valence-electron chi connectivity index (χ4n) is 1.40. The van der Waals surface area contributed by atoms with Crippen molar-refractivity contribution in [2.45, 2.75) is 11.4 Å². The molecule has 1 heterocycles. The average Bonchev–Trinajstić information content (AvgIpc) is 2.42. The molecule has 0 bridgehead atoms. The third-order valence-electron chi connectivity index (χ3n) is 2.32. The highest BCUT2D eigenvalue weighted by atomic mass is 35.5. The highest BCUT2D eigenvalue weighted by molar-refractivity contribution is 7.92. The fourth-order valence-corrected chi connectivity index (χ4v) is 2.59. The standard InChI is InChI=1S/C10H9ClFN5O2S/c11-9-6(5-13)3-7(4-8(9)12)20(18,19)17-10-14-1-2-15-16-10/h1-4H,5,13H2,(H,14,16,17). The summed E-state index contributed by atoms with van der Waals surface area (Å²) in [5, 5.41) is 6.74. The molecule has 0 saturated heterocycles. The summed E-state index contributed by atoms with van der Waals surface area (Å²) in [6, 6.07) is 1.98. The van der Waals surface area contributed by atoms with Crippen molar-refractivity contribution in [2.24, 2.45) is 5.73 Å². The van der Waals surface area contributed by atoms with E-state index < -0.39 is 15.8 Å². The lowest BCUT2D eigenvalue weighted by Crippen LogP contribution is -2.16. The van der Waals surface area contributed by atoms with Crippen molar-refractivity contribution >= 4 is 27.6 Å². The van der Waals surface area contributed by atoms with Gasteiger partial charge in [0.25, 0.3) is 16.0 Å². The zero-order valence-electron chi connectivity index (χ0n) is 9.92. The van der Waals surface area contributed by atoms with Crippen LogP contribution in [0, 0.1) is 5.82 Å². The van der Waals surface area contributed by atoms with Crippen LogP contribution < -0.4 is 10.5 Å². The lowest BCUT2D eigenvalue weighted by Gasteiger charge is -2.09. The van der Waals surface area contributed by atoms with E-state index in [2.05, 4.69) is 19.9 Å². The van der Waals surface area contributed by atoms with Crippen LogP contribution in [0.4, 0.5) is 10.3 Å². The van der Waals surface area contributed by atoms with Gasteiger partial charge in [0, 0.05) is 6.54 Å². The normalized spacial score (nSPS) is 11.3. The van der Waals surface area contributed by atoms with Crippen LogP contribution in [0.3, 0.4) is 0 Å². The SMILES string of the molecule is NCc1cc(S(=O)(=O)Nc2nccnn2)cc(F)c1Cl. The molecule has 0 amide bonds. The van der Waals surface area contributed by atoms with Crippen LogP contribution >= 0.6 is 11.6 Å². The molecule has 3 N–H and O–H groups in total. The van der Waals surface area contributed by atoms with E-state index in [0.717, 1.165) is 6.07 Å². The largest absolute Gasteiger partial charge is 0.326 e. The van der Waals surface area contributed by atoms with Gasteiger partial charge in [0.15, 0.2) is 0 Å². The number of nitrogens with one attached hydrogen (secondary N) is 1. The van der Waals surface area contributed by atoms with Crippen molar-refractivity contribution in [3.63, 3.8) is 0 Å². The van der Waals surface area contributed by atoms with E-state index in [1.807, 2.05) is 0 Å². The molecule has 1 aromatic carbocycles. The zero-order valence-corrected chi connectivity index (χ0v) is 11.5. The lowest BCUT2D eigenvalue weighted by molar-refractivity contribution is 0.594. The quantitative estimate of drug-likeness (QED) is 0.867. The molecule has 0 aliphatic heterocycles. The summed E-state index contributed by atoms with van der Waals surface area (Å²) in [5.74, 6) is -1.10. The molecule has 0 unspecified atom stereocenters. The van der Waals surface area contributed by atoms with E-state index in [9.17, 15) is 12.8 Å². The third-order valence-corrected chi connectivity index (χ3v) is 4.05. The predicted molar refractivity (Wildman–Crippen MR) is 69.9 cm³/mol. The maximum atomic E-state index is 13.6. The topological polar surface area (TPSA) is 111 Å². The van der Waals surface area contributed by atoms with Gasteiger partial charge in [0.2, 0.25) is 0 Å². The molecule has 7 nitrogen and oxygen atoms in total. The number of nitrogens with two attached hydrogens (primary N) is 1. The van der Waals surface area contributed by atoms with E-state index in [1.54, 1.807) is 0 Å². The number of sulfonamides is 1. The molecule has 0 aliphatic rings. The molecular weight excluding hydrogens is 309 g/mol. The van der Waals surface area contributed by atoms with Gasteiger partial charge >= 0.3 is 0 Å². The van der Waals surface area contributed by atoms with E-state index in [1.165, 1.54) is 18.5 Å². The van der Waals surface area contributed by atoms with Crippen molar-refractivity contribution in [1.82, 2.24) is 15.2 Å². The van der Waals surface area contributed by atoms with Gasteiger partial charge in [-0.05, 0) is 17.7 Å². The molecule has 2 rings (SSSR count). The molecule has 106 valence electrons. The second-order valence-corrected chi connectivity index (χ2v) is 5.71. The Bertz CT molecular complexity index is 726. The Hall–Kier alpha value is -1.84. The Morgan fingerprint density at radius 2 is 2.10 bits per heavy atom. The summed E-state index contributed by atoms with van der Waals surface area (Å²) in [5.41, 5.74) is 5.56. The first kappa shape index (κ1) is 14.6. The molecule has 0 fully saturated rings. The number of benzene rings is 1. The number of nitrogens with zero attached hydrogens (tertiary/aromatic N) is 3. The maximum Gasteiger partial charge on any atom is 0.264 e. The van der Waals surface area contributed by atoms with Crippen molar-refractivity contribution in [1.29, 1.82) is 0 Å². The van der Waals surface area contributed by atoms with Crippen LogP contribution in [-0.2, 0) is 16.6 Å². The Balaban J connectivity index is 2.42. The van der Waals surface area contributed by atoms with Gasteiger partial charge in [-0.1, -0.05) is 11.6 Å². The molecule has 0 radical (unpaired) electrons. The van der Waals surface area contributed by atoms with Crippen LogP contribution in [0.2, 0.25) is 5.02 Å². The van der Waals surface area contributed by atoms with Crippen LogP contribution in [0.5, 0.6) is 0 Å². The zero-order chi connectivity index (χ0) is 14.8. The molecule has 0 atom stereocenters. The van der Waals surface area contributed by atoms with Gasteiger partial charge in [-0.3, -0.25) is 0 Å². The number of hydrogen-bond donors (Lipinski definition) is 2. The molecule has 0 aliphatic carbocycles. The first-order valence-electron chi connectivity index (χ1n) is 5.28. The van der Waals surface area contributed by atoms with Crippen LogP contribution in [0.15, 0.2) is 29.4 Å². The van der Waals surface area contributed by atoms with E-state index in [-0.39, 0.29) is 28.0 Å². The minimum Gasteiger partial charge on any atom is -0.326 e. The molecule has 10 heteroatoms. The molecule has 2 aromatic rings. The van der Waals surface area contributed by atoms with Gasteiger partial charge in [0.05, 0.1) is 22.3 Å². The van der Waals surface area contributed by atoms with Gasteiger partial charge in [0.1, 0.15) is 5.82 Å². The number of rotatable bonds is 4. The Labute approximate surface area is 119 Å². The maximum absolute atomic E-state index is 13.6. The van der Waals surface area contributed by atoms with Gasteiger partial charge in [-0.2, -0.15) is 5.10 Å². The Kier molecular flexibility index (Phi) is 4.12. The van der Waals surface area contributed by atoms with Crippen molar-refractivity contribution in [2.75, 3.05) is 4.72 Å². The van der Waals surface area contributed by atoms with Crippen molar-refractivity contribution in [3.05, 3.63) is 40.9 Å². The summed E-state index contributed by atoms with van der Waals surface area (Å²) < 4.78 is 39.8. The second kappa shape index (κ2) is 5.65. The van der Waals surface area contributed by atoms with Crippen molar-refractivity contribution in [3.8, 4) is 0 Å². The third kappa shape index (κ3) is 3.00. The van der Waals surface area contributed by atoms with E-state index >= 15 is 0 Å². The minimum absolute atomic E-state index is 0.0947. The molecule has 0 saturated carbocycles. The predicted octanol–water partition coefficient (Wildman–Crippen LogP) is 0.924. The average molecular weight is 318 g/mol. The summed E-state index contributed by atoms with van der Waals surface area (Å²) in [6.07, 6.45) is 2.55. The first-order valence-corrected chi connectivity index (χ1v) is 7.14. The first-order chi connectivity index (χ1) is 9.44. The number of halogens is 2. The van der Waals surface area contributed by atoms with Gasteiger partial charge < -0.3 is 5.73 Å². The number of hydrogen-bond acceptors (Lipinski definition) is 6. The smallest absolute Gasteiger partial charge is 0.264 e. The van der Waals surface area contributed by atoms with Crippen LogP contribution in [0.25, 0.3) is 0 Å². The number of anilines is 1. The van der Waals surface area contributed by atoms with E-state index in [0.29, 0.717) is 0 Å². The highest BCUT2D eigenvalue weighted by Crippen LogP contribution is 2.24. The highest BCUT2D eigenvalue weighted by Gasteiger charge is 2.19. The monoisotopic (exact) mass is 317 g/mol.